The van der Waals surface area contributed by atoms with Crippen molar-refractivity contribution >= 4 is 0 Å². The number of alkyl halides is 1. The Labute approximate surface area is 117 Å². The van der Waals surface area contributed by atoms with Gasteiger partial charge in [0.2, 0.25) is 0 Å². The summed E-state index contributed by atoms with van der Waals surface area (Å²) < 4.78 is 37.8. The lowest BCUT2D eigenvalue weighted by Gasteiger charge is -2.34. The molecule has 0 spiro atoms. The maximum atomic E-state index is 14.2. The van der Waals surface area contributed by atoms with E-state index in [-0.39, 0.29) is 0 Å². The van der Waals surface area contributed by atoms with Crippen molar-refractivity contribution in [2.75, 3.05) is 47.1 Å². The van der Waals surface area contributed by atoms with Gasteiger partial charge in [-0.05, 0) is 6.07 Å². The topological polar surface area (TPSA) is 33.7 Å². The van der Waals surface area contributed by atoms with E-state index in [4.69, 9.17) is 9.47 Å². The minimum absolute atomic E-state index is 0.312. The zero-order chi connectivity index (χ0) is 14.5. The Morgan fingerprint density at radius 2 is 1.80 bits per heavy atom. The molecule has 4 nitrogen and oxygen atoms in total. The Kier molecular flexibility index (Phi) is 5.14. The molecular formula is C14H20F2N2O2. The van der Waals surface area contributed by atoms with Crippen molar-refractivity contribution < 1.29 is 18.3 Å². The molecule has 1 heterocycles. The van der Waals surface area contributed by atoms with Gasteiger partial charge in [0.15, 0.2) is 11.5 Å². The molecule has 0 amide bonds. The van der Waals surface area contributed by atoms with Crippen LogP contribution in [0.5, 0.6) is 11.5 Å². The van der Waals surface area contributed by atoms with Crippen molar-refractivity contribution in [3.8, 4) is 11.5 Å². The summed E-state index contributed by atoms with van der Waals surface area (Å²) in [6.45, 7) is 2.33. The van der Waals surface area contributed by atoms with Gasteiger partial charge in [0.25, 0.3) is 0 Å². The van der Waals surface area contributed by atoms with Gasteiger partial charge in [0, 0.05) is 37.8 Å². The first-order valence-corrected chi connectivity index (χ1v) is 6.63. The summed E-state index contributed by atoms with van der Waals surface area (Å²) in [7, 11) is 2.93. The average Bonchev–Trinajstić information content (AvgIpc) is 2.50. The zero-order valence-corrected chi connectivity index (χ0v) is 11.8. The number of methoxy groups -OCH3 is 2. The Hall–Kier alpha value is -1.40. The number of ether oxygens (including phenoxy) is 2. The van der Waals surface area contributed by atoms with Crippen molar-refractivity contribution in [1.82, 2.24) is 10.2 Å². The number of hydrogen-bond donors (Lipinski definition) is 1. The van der Waals surface area contributed by atoms with E-state index in [9.17, 15) is 8.78 Å². The van der Waals surface area contributed by atoms with Crippen LogP contribution < -0.4 is 14.8 Å². The minimum atomic E-state index is -0.633. The highest BCUT2D eigenvalue weighted by atomic mass is 19.1. The summed E-state index contributed by atoms with van der Waals surface area (Å²) in [6.07, 6.45) is 0. The first kappa shape index (κ1) is 15.0. The Morgan fingerprint density at radius 3 is 2.35 bits per heavy atom. The predicted octanol–water partition coefficient (Wildman–Crippen LogP) is 1.76. The second kappa shape index (κ2) is 6.85. The normalized spacial score (nSPS) is 17.8. The van der Waals surface area contributed by atoms with E-state index in [0.29, 0.717) is 30.2 Å². The first-order chi connectivity index (χ1) is 9.71. The lowest BCUT2D eigenvalue weighted by atomic mass is 10.0. The monoisotopic (exact) mass is 286 g/mol. The van der Waals surface area contributed by atoms with Gasteiger partial charge in [-0.25, -0.2) is 8.78 Å². The standard InChI is InChI=1S/C14H20F2N2O2/c1-19-13-7-10(11(16)8-14(13)20-2)12(9-15)18-5-3-17-4-6-18/h7-8,12,17H,3-6,9H2,1-2H3/t12-/m1/s1. The third-order valence-electron chi connectivity index (χ3n) is 3.60. The molecule has 1 aromatic carbocycles. The van der Waals surface area contributed by atoms with Gasteiger partial charge in [-0.2, -0.15) is 0 Å². The van der Waals surface area contributed by atoms with E-state index in [2.05, 4.69) is 5.32 Å². The molecule has 1 aliphatic heterocycles. The Balaban J connectivity index is 2.33. The fraction of sp³-hybridized carbons (Fsp3) is 0.571. The summed E-state index contributed by atoms with van der Waals surface area (Å²) in [4.78, 5) is 1.95. The molecule has 1 aliphatic rings. The van der Waals surface area contributed by atoms with Crippen LogP contribution in [0.1, 0.15) is 11.6 Å². The summed E-state index contributed by atoms with van der Waals surface area (Å²) in [6, 6.07) is 2.19. The van der Waals surface area contributed by atoms with Gasteiger partial charge in [0.05, 0.1) is 20.3 Å². The molecule has 0 bridgehead atoms. The van der Waals surface area contributed by atoms with Crippen molar-refractivity contribution in [3.05, 3.63) is 23.5 Å². The summed E-state index contributed by atoms with van der Waals surface area (Å²) >= 11 is 0. The number of halogens is 2. The number of benzene rings is 1. The lowest BCUT2D eigenvalue weighted by Crippen LogP contribution is -2.45. The maximum Gasteiger partial charge on any atom is 0.163 e. The number of nitrogens with one attached hydrogen (secondary N) is 1. The van der Waals surface area contributed by atoms with E-state index in [0.717, 1.165) is 13.1 Å². The number of nitrogens with zero attached hydrogens (tertiary/aromatic N) is 1. The van der Waals surface area contributed by atoms with Crippen LogP contribution in [0.15, 0.2) is 12.1 Å². The molecule has 1 atom stereocenters. The second-order valence-electron chi connectivity index (χ2n) is 4.68. The van der Waals surface area contributed by atoms with E-state index in [1.807, 2.05) is 4.90 Å². The van der Waals surface area contributed by atoms with Crippen molar-refractivity contribution in [2.24, 2.45) is 0 Å². The Bertz CT molecular complexity index is 451. The molecule has 20 heavy (non-hydrogen) atoms. The van der Waals surface area contributed by atoms with Gasteiger partial charge < -0.3 is 14.8 Å². The van der Waals surface area contributed by atoms with Gasteiger partial charge >= 0.3 is 0 Å². The van der Waals surface area contributed by atoms with E-state index in [1.165, 1.54) is 26.4 Å². The van der Waals surface area contributed by atoms with Gasteiger partial charge in [-0.15, -0.1) is 0 Å². The Morgan fingerprint density at radius 1 is 1.20 bits per heavy atom. The third kappa shape index (κ3) is 3.02. The molecule has 0 unspecified atom stereocenters. The number of hydrogen-bond acceptors (Lipinski definition) is 4. The highest BCUT2D eigenvalue weighted by molar-refractivity contribution is 5.44. The third-order valence-corrected chi connectivity index (χ3v) is 3.60. The van der Waals surface area contributed by atoms with Crippen molar-refractivity contribution in [2.45, 2.75) is 6.04 Å². The van der Waals surface area contributed by atoms with Gasteiger partial charge in [-0.3, -0.25) is 4.90 Å². The highest BCUT2D eigenvalue weighted by Gasteiger charge is 2.26. The molecule has 1 saturated heterocycles. The quantitative estimate of drug-likeness (QED) is 0.894. The SMILES string of the molecule is COc1cc(F)c([C@@H](CF)N2CCNCC2)cc1OC. The van der Waals surface area contributed by atoms with Crippen LogP contribution in [0, 0.1) is 5.82 Å². The summed E-state index contributed by atoms with van der Waals surface area (Å²) in [5, 5.41) is 3.20. The van der Waals surface area contributed by atoms with E-state index in [1.54, 1.807) is 0 Å². The van der Waals surface area contributed by atoms with E-state index < -0.39 is 18.5 Å². The second-order valence-corrected chi connectivity index (χ2v) is 4.68. The smallest absolute Gasteiger partial charge is 0.163 e. The zero-order valence-electron chi connectivity index (χ0n) is 11.8. The molecule has 2 rings (SSSR count). The largest absolute Gasteiger partial charge is 0.493 e. The lowest BCUT2D eigenvalue weighted by molar-refractivity contribution is 0.144. The molecule has 0 saturated carbocycles. The molecule has 1 N–H and O–H groups in total. The highest BCUT2D eigenvalue weighted by Crippen LogP contribution is 2.34. The molecule has 1 aromatic rings. The average molecular weight is 286 g/mol. The maximum absolute atomic E-state index is 14.2. The molecule has 0 aromatic heterocycles. The van der Waals surface area contributed by atoms with Crippen LogP contribution >= 0.6 is 0 Å². The van der Waals surface area contributed by atoms with Crippen LogP contribution in [0.25, 0.3) is 0 Å². The molecule has 0 radical (unpaired) electrons. The van der Waals surface area contributed by atoms with Crippen LogP contribution in [0.4, 0.5) is 8.78 Å². The molecule has 1 fully saturated rings. The predicted molar refractivity (Wildman–Crippen MR) is 72.7 cm³/mol. The fourth-order valence-electron chi connectivity index (χ4n) is 2.50. The van der Waals surface area contributed by atoms with E-state index >= 15 is 0 Å². The first-order valence-electron chi connectivity index (χ1n) is 6.63. The van der Waals surface area contributed by atoms with Gasteiger partial charge in [-0.1, -0.05) is 0 Å². The number of rotatable bonds is 5. The molecular weight excluding hydrogens is 266 g/mol. The van der Waals surface area contributed by atoms with Crippen molar-refractivity contribution in [3.63, 3.8) is 0 Å². The van der Waals surface area contributed by atoms with Crippen LogP contribution in [0.2, 0.25) is 0 Å². The van der Waals surface area contributed by atoms with Crippen LogP contribution in [0.3, 0.4) is 0 Å². The summed E-state index contributed by atoms with van der Waals surface area (Å²) in [5.41, 5.74) is 0.312. The molecule has 112 valence electrons. The van der Waals surface area contributed by atoms with Crippen LogP contribution in [-0.2, 0) is 0 Å². The van der Waals surface area contributed by atoms with Gasteiger partial charge in [0.1, 0.15) is 12.5 Å². The van der Waals surface area contributed by atoms with Crippen molar-refractivity contribution in [1.29, 1.82) is 0 Å². The minimum Gasteiger partial charge on any atom is -0.493 e. The fourth-order valence-corrected chi connectivity index (χ4v) is 2.50. The molecule has 0 aliphatic carbocycles. The molecule has 6 heteroatoms. The number of piperazine rings is 1. The summed E-state index contributed by atoms with van der Waals surface area (Å²) in [5.74, 6) is 0.257. The van der Waals surface area contributed by atoms with Crippen LogP contribution in [-0.4, -0.2) is 52.0 Å².